The van der Waals surface area contributed by atoms with Crippen LogP contribution in [0.3, 0.4) is 0 Å². The van der Waals surface area contributed by atoms with E-state index >= 15 is 0 Å². The zero-order valence-corrected chi connectivity index (χ0v) is 9.41. The third kappa shape index (κ3) is 3.23. The monoisotopic (exact) mass is 252 g/mol. The summed E-state index contributed by atoms with van der Waals surface area (Å²) < 4.78 is 37.5. The van der Waals surface area contributed by atoms with Crippen molar-refractivity contribution in [3.05, 3.63) is 59.9 Å². The number of rotatable bonds is 3. The normalized spacial score (nSPS) is 11.3. The van der Waals surface area contributed by atoms with Crippen molar-refractivity contribution in [1.82, 2.24) is 4.98 Å². The van der Waals surface area contributed by atoms with Crippen LogP contribution in [-0.2, 0) is 12.7 Å². The van der Waals surface area contributed by atoms with Crippen molar-refractivity contribution in [2.24, 2.45) is 0 Å². The summed E-state index contributed by atoms with van der Waals surface area (Å²) in [4.78, 5) is 3.91. The van der Waals surface area contributed by atoms with Crippen LogP contribution < -0.4 is 5.32 Å². The quantitative estimate of drug-likeness (QED) is 0.900. The van der Waals surface area contributed by atoms with Gasteiger partial charge >= 0.3 is 6.18 Å². The molecule has 0 radical (unpaired) electrons. The van der Waals surface area contributed by atoms with Crippen LogP contribution in [0.15, 0.2) is 48.8 Å². The van der Waals surface area contributed by atoms with E-state index in [9.17, 15) is 13.2 Å². The summed E-state index contributed by atoms with van der Waals surface area (Å²) >= 11 is 0. The van der Waals surface area contributed by atoms with Gasteiger partial charge < -0.3 is 5.32 Å². The van der Waals surface area contributed by atoms with Crippen LogP contribution in [0.5, 0.6) is 0 Å². The first kappa shape index (κ1) is 12.4. The zero-order valence-electron chi connectivity index (χ0n) is 9.41. The van der Waals surface area contributed by atoms with Gasteiger partial charge in [-0.2, -0.15) is 13.2 Å². The van der Waals surface area contributed by atoms with Gasteiger partial charge in [-0.1, -0.05) is 12.1 Å². The number of halogens is 3. The van der Waals surface area contributed by atoms with Crippen molar-refractivity contribution in [2.45, 2.75) is 12.7 Å². The number of hydrogen-bond donors (Lipinski definition) is 1. The molecule has 2 rings (SSSR count). The molecule has 1 N–H and O–H groups in total. The van der Waals surface area contributed by atoms with E-state index in [1.54, 1.807) is 30.6 Å². The second-order valence-corrected chi connectivity index (χ2v) is 3.79. The van der Waals surface area contributed by atoms with Gasteiger partial charge in [0.25, 0.3) is 0 Å². The molecule has 0 aliphatic rings. The third-order valence-electron chi connectivity index (χ3n) is 2.41. The van der Waals surface area contributed by atoms with Crippen LogP contribution >= 0.6 is 0 Å². The SMILES string of the molecule is FC(F)(F)c1cccc(CNc2cccnc2)c1. The predicted molar refractivity (Wildman–Crippen MR) is 63.0 cm³/mol. The Balaban J connectivity index is 2.06. The van der Waals surface area contributed by atoms with E-state index in [4.69, 9.17) is 0 Å². The van der Waals surface area contributed by atoms with Crippen LogP contribution in [0.4, 0.5) is 18.9 Å². The van der Waals surface area contributed by atoms with Crippen LogP contribution in [-0.4, -0.2) is 4.98 Å². The molecule has 1 aromatic carbocycles. The number of nitrogens with one attached hydrogen (secondary N) is 1. The average molecular weight is 252 g/mol. The van der Waals surface area contributed by atoms with E-state index in [2.05, 4.69) is 10.3 Å². The average Bonchev–Trinajstić information content (AvgIpc) is 2.37. The molecule has 0 saturated heterocycles. The highest BCUT2D eigenvalue weighted by atomic mass is 19.4. The smallest absolute Gasteiger partial charge is 0.380 e. The molecule has 2 nitrogen and oxygen atoms in total. The lowest BCUT2D eigenvalue weighted by atomic mass is 10.1. The fourth-order valence-electron chi connectivity index (χ4n) is 1.53. The molecule has 0 spiro atoms. The minimum absolute atomic E-state index is 0.329. The van der Waals surface area contributed by atoms with Crippen molar-refractivity contribution in [2.75, 3.05) is 5.32 Å². The van der Waals surface area contributed by atoms with Gasteiger partial charge in [0.05, 0.1) is 11.3 Å². The first-order chi connectivity index (χ1) is 8.55. The Morgan fingerprint density at radius 1 is 1.11 bits per heavy atom. The summed E-state index contributed by atoms with van der Waals surface area (Å²) in [6.45, 7) is 0.329. The largest absolute Gasteiger partial charge is 0.416 e. The molecule has 2 aromatic rings. The molecule has 0 aliphatic heterocycles. The summed E-state index contributed by atoms with van der Waals surface area (Å²) in [5, 5.41) is 3.01. The second kappa shape index (κ2) is 5.08. The van der Waals surface area contributed by atoms with Gasteiger partial charge in [0.2, 0.25) is 0 Å². The Kier molecular flexibility index (Phi) is 3.50. The second-order valence-electron chi connectivity index (χ2n) is 3.79. The predicted octanol–water partition coefficient (Wildman–Crippen LogP) is 3.71. The summed E-state index contributed by atoms with van der Waals surface area (Å²) in [6.07, 6.45) is -1.05. The lowest BCUT2D eigenvalue weighted by Crippen LogP contribution is -2.06. The number of hydrogen-bond acceptors (Lipinski definition) is 2. The van der Waals surface area contributed by atoms with Gasteiger partial charge in [0, 0.05) is 18.9 Å². The van der Waals surface area contributed by atoms with Gasteiger partial charge in [-0.3, -0.25) is 4.98 Å². The van der Waals surface area contributed by atoms with Gasteiger partial charge in [-0.15, -0.1) is 0 Å². The fourth-order valence-corrected chi connectivity index (χ4v) is 1.53. The molecule has 94 valence electrons. The summed E-state index contributed by atoms with van der Waals surface area (Å²) in [7, 11) is 0. The molecule has 1 aromatic heterocycles. The lowest BCUT2D eigenvalue weighted by Gasteiger charge is -2.10. The summed E-state index contributed by atoms with van der Waals surface area (Å²) in [5.74, 6) is 0. The fraction of sp³-hybridized carbons (Fsp3) is 0.154. The third-order valence-corrected chi connectivity index (χ3v) is 2.41. The van der Waals surface area contributed by atoms with E-state index in [0.717, 1.165) is 17.8 Å². The van der Waals surface area contributed by atoms with Crippen LogP contribution in [0.1, 0.15) is 11.1 Å². The number of pyridine rings is 1. The number of nitrogens with zero attached hydrogens (tertiary/aromatic N) is 1. The van der Waals surface area contributed by atoms with Crippen LogP contribution in [0.25, 0.3) is 0 Å². The Morgan fingerprint density at radius 2 is 1.94 bits per heavy atom. The summed E-state index contributed by atoms with van der Waals surface area (Å²) in [6, 6.07) is 8.83. The Hall–Kier alpha value is -2.04. The van der Waals surface area contributed by atoms with Crippen molar-refractivity contribution in [1.29, 1.82) is 0 Å². The molecule has 0 aliphatic carbocycles. The van der Waals surface area contributed by atoms with Crippen LogP contribution in [0.2, 0.25) is 0 Å². The minimum Gasteiger partial charge on any atom is -0.380 e. The maximum atomic E-state index is 12.5. The van der Waals surface area contributed by atoms with Crippen molar-refractivity contribution < 1.29 is 13.2 Å². The molecular weight excluding hydrogens is 241 g/mol. The maximum absolute atomic E-state index is 12.5. The van der Waals surface area contributed by atoms with Gasteiger partial charge in [-0.25, -0.2) is 0 Å². The molecule has 0 bridgehead atoms. The topological polar surface area (TPSA) is 24.9 Å². The molecule has 0 amide bonds. The summed E-state index contributed by atoms with van der Waals surface area (Å²) in [5.41, 5.74) is 0.719. The number of aromatic nitrogens is 1. The van der Waals surface area contributed by atoms with E-state index in [0.29, 0.717) is 12.1 Å². The van der Waals surface area contributed by atoms with Gasteiger partial charge in [-0.05, 0) is 29.8 Å². The van der Waals surface area contributed by atoms with E-state index < -0.39 is 11.7 Å². The van der Waals surface area contributed by atoms with Crippen molar-refractivity contribution in [3.8, 4) is 0 Å². The van der Waals surface area contributed by atoms with Gasteiger partial charge in [0.15, 0.2) is 0 Å². The molecule has 0 atom stereocenters. The Morgan fingerprint density at radius 3 is 2.61 bits per heavy atom. The number of benzene rings is 1. The maximum Gasteiger partial charge on any atom is 0.416 e. The number of alkyl halides is 3. The van der Waals surface area contributed by atoms with Crippen molar-refractivity contribution in [3.63, 3.8) is 0 Å². The zero-order chi connectivity index (χ0) is 13.0. The van der Waals surface area contributed by atoms with E-state index in [1.165, 1.54) is 6.07 Å². The van der Waals surface area contributed by atoms with E-state index in [1.807, 2.05) is 0 Å². The number of anilines is 1. The first-order valence-electron chi connectivity index (χ1n) is 5.36. The van der Waals surface area contributed by atoms with Crippen LogP contribution in [0, 0.1) is 0 Å². The molecular formula is C13H11F3N2. The standard InChI is InChI=1S/C13H11F3N2/c14-13(15,16)11-4-1-3-10(7-11)8-18-12-5-2-6-17-9-12/h1-7,9,18H,8H2. The van der Waals surface area contributed by atoms with Gasteiger partial charge in [0.1, 0.15) is 0 Å². The van der Waals surface area contributed by atoms with Crippen molar-refractivity contribution >= 4 is 5.69 Å². The lowest BCUT2D eigenvalue weighted by molar-refractivity contribution is -0.137. The molecule has 18 heavy (non-hydrogen) atoms. The molecule has 1 heterocycles. The first-order valence-corrected chi connectivity index (χ1v) is 5.36. The molecule has 0 fully saturated rings. The highest BCUT2D eigenvalue weighted by Gasteiger charge is 2.30. The molecule has 0 saturated carbocycles. The Bertz CT molecular complexity index is 509. The van der Waals surface area contributed by atoms with E-state index in [-0.39, 0.29) is 0 Å². The highest BCUT2D eigenvalue weighted by molar-refractivity contribution is 5.41. The molecule has 5 heteroatoms. The minimum atomic E-state index is -4.30. The Labute approximate surface area is 102 Å². The molecule has 0 unspecified atom stereocenters. The highest BCUT2D eigenvalue weighted by Crippen LogP contribution is 2.29.